The van der Waals surface area contributed by atoms with Crippen LogP contribution in [-0.4, -0.2) is 33.6 Å². The number of aliphatic hydroxyl groups excluding tert-OH is 3. The van der Waals surface area contributed by atoms with E-state index in [0.717, 1.165) is 30.4 Å². The summed E-state index contributed by atoms with van der Waals surface area (Å²) in [6.45, 7) is 11.1. The van der Waals surface area contributed by atoms with Gasteiger partial charge in [-0.1, -0.05) is 50.3 Å². The molecule has 1 heterocycles. The molecular formula is C32H44O3S. The van der Waals surface area contributed by atoms with Crippen LogP contribution in [0.2, 0.25) is 0 Å². The zero-order valence-corrected chi connectivity index (χ0v) is 23.1. The van der Waals surface area contributed by atoms with Crippen LogP contribution in [0.25, 0.3) is 0 Å². The van der Waals surface area contributed by atoms with Crippen LogP contribution in [0.4, 0.5) is 0 Å². The average molecular weight is 509 g/mol. The third kappa shape index (κ3) is 4.75. The van der Waals surface area contributed by atoms with Crippen LogP contribution in [0.15, 0.2) is 59.7 Å². The lowest BCUT2D eigenvalue weighted by atomic mass is 9.61. The second kappa shape index (κ2) is 10.0. The Bertz CT molecular complexity index is 1070. The van der Waals surface area contributed by atoms with Gasteiger partial charge in [-0.2, -0.15) is 0 Å². The van der Waals surface area contributed by atoms with Crippen molar-refractivity contribution in [1.29, 1.82) is 0 Å². The van der Waals surface area contributed by atoms with Crippen LogP contribution in [0.5, 0.6) is 0 Å². The van der Waals surface area contributed by atoms with Gasteiger partial charge in [0.05, 0.1) is 18.3 Å². The van der Waals surface area contributed by atoms with Crippen LogP contribution in [-0.2, 0) is 5.41 Å². The molecule has 4 heteroatoms. The molecule has 0 aromatic carbocycles. The number of rotatable bonds is 6. The third-order valence-corrected chi connectivity index (χ3v) is 11.3. The summed E-state index contributed by atoms with van der Waals surface area (Å²) in [6, 6.07) is 4.39. The highest BCUT2D eigenvalue weighted by atomic mass is 32.1. The van der Waals surface area contributed by atoms with Gasteiger partial charge in [0.1, 0.15) is 0 Å². The molecule has 4 aliphatic rings. The van der Waals surface area contributed by atoms with Crippen molar-refractivity contribution >= 4 is 11.3 Å². The van der Waals surface area contributed by atoms with Gasteiger partial charge in [0, 0.05) is 21.6 Å². The molecule has 5 rings (SSSR count). The third-order valence-electron chi connectivity index (χ3n) is 10.1. The number of allylic oxidation sites excluding steroid dienone is 4. The summed E-state index contributed by atoms with van der Waals surface area (Å²) in [4.78, 5) is 2.66. The first-order chi connectivity index (χ1) is 17.1. The van der Waals surface area contributed by atoms with E-state index in [1.165, 1.54) is 41.0 Å². The average Bonchev–Trinajstić information content (AvgIpc) is 3.41. The molecule has 0 bridgehead atoms. The van der Waals surface area contributed by atoms with Crippen LogP contribution in [0.3, 0.4) is 0 Å². The minimum Gasteiger partial charge on any atom is -0.393 e. The molecule has 0 spiro atoms. The molecule has 1 aromatic rings. The number of fused-ring (bicyclic) bond motifs is 1. The molecule has 4 aliphatic carbocycles. The second-order valence-electron chi connectivity index (χ2n) is 12.4. The summed E-state index contributed by atoms with van der Waals surface area (Å²) in [5, 5.41) is 31.5. The van der Waals surface area contributed by atoms with E-state index < -0.39 is 18.3 Å². The molecule has 0 unspecified atom stereocenters. The molecule has 0 aliphatic heterocycles. The highest BCUT2D eigenvalue weighted by Gasteiger charge is 2.52. The zero-order valence-electron chi connectivity index (χ0n) is 22.2. The van der Waals surface area contributed by atoms with Crippen LogP contribution in [0, 0.1) is 30.1 Å². The maximum Gasteiger partial charge on any atom is 0.0825 e. The van der Waals surface area contributed by atoms with E-state index in [2.05, 4.69) is 63.8 Å². The Morgan fingerprint density at radius 3 is 2.58 bits per heavy atom. The van der Waals surface area contributed by atoms with Gasteiger partial charge in [-0.25, -0.2) is 0 Å². The van der Waals surface area contributed by atoms with Crippen molar-refractivity contribution in [2.75, 3.05) is 0 Å². The normalized spacial score (nSPS) is 38.0. The molecule has 0 amide bonds. The topological polar surface area (TPSA) is 60.7 Å². The summed E-state index contributed by atoms with van der Waals surface area (Å²) < 4.78 is 0. The number of aliphatic hydroxyl groups is 3. The largest absolute Gasteiger partial charge is 0.393 e. The van der Waals surface area contributed by atoms with Gasteiger partial charge in [-0.05, 0) is 105 Å². The fourth-order valence-electron chi connectivity index (χ4n) is 7.73. The van der Waals surface area contributed by atoms with E-state index in [-0.39, 0.29) is 10.8 Å². The number of thiophene rings is 1. The highest BCUT2D eigenvalue weighted by molar-refractivity contribution is 7.12. The summed E-state index contributed by atoms with van der Waals surface area (Å²) in [7, 11) is 0. The van der Waals surface area contributed by atoms with Gasteiger partial charge in [-0.3, -0.25) is 0 Å². The molecular weight excluding hydrogens is 464 g/mol. The van der Waals surface area contributed by atoms with Gasteiger partial charge < -0.3 is 15.3 Å². The predicted octanol–water partition coefficient (Wildman–Crippen LogP) is 6.78. The maximum absolute atomic E-state index is 11.1. The standard InChI is InChI=1S/C32H44O3S/c1-20(7-13-29(35)32(16-17-32)30-14-8-21(2)36-30)26-11-12-27-23(6-5-15-31(26,27)4)9-10-24-18-25(33)19-28(34)22(24)3/h7-10,13-14,20,25-29,33-35H,3,5-6,11-12,15-19H2,1-2,4H3/b13-7+,23-9+,24-10-/t20-,25-,26-,27+,28+,29+,31-/m1/s1. The Labute approximate surface area is 221 Å². The van der Waals surface area contributed by atoms with E-state index in [0.29, 0.717) is 30.6 Å². The Hall–Kier alpha value is -1.46. The molecule has 196 valence electrons. The van der Waals surface area contributed by atoms with Crippen molar-refractivity contribution in [3.63, 3.8) is 0 Å². The Morgan fingerprint density at radius 1 is 1.11 bits per heavy atom. The van der Waals surface area contributed by atoms with Crippen molar-refractivity contribution in [2.45, 2.75) is 102 Å². The lowest BCUT2D eigenvalue weighted by Crippen LogP contribution is -2.35. The molecule has 0 radical (unpaired) electrons. The SMILES string of the molecule is C=C1/C(=C\C=C2/CCC[C@]3(C)[C@@H]([C@H](C)/C=C/[C@H](O)C4(c5ccc(C)s5)CC4)CC[C@@H]23)C[C@@H](O)C[C@@H]1O. The minimum atomic E-state index is -0.632. The molecule has 36 heavy (non-hydrogen) atoms. The van der Waals surface area contributed by atoms with Crippen molar-refractivity contribution < 1.29 is 15.3 Å². The number of hydrogen-bond acceptors (Lipinski definition) is 4. The molecule has 3 N–H and O–H groups in total. The molecule has 1 aromatic heterocycles. The second-order valence-corrected chi connectivity index (χ2v) is 13.7. The molecule has 4 fully saturated rings. The summed E-state index contributed by atoms with van der Waals surface area (Å²) in [5.41, 5.74) is 3.53. The summed E-state index contributed by atoms with van der Waals surface area (Å²) >= 11 is 1.84. The number of hydrogen-bond donors (Lipinski definition) is 3. The quantitative estimate of drug-likeness (QED) is 0.371. The molecule has 3 nitrogen and oxygen atoms in total. The van der Waals surface area contributed by atoms with Crippen molar-refractivity contribution in [2.24, 2.45) is 23.2 Å². The monoisotopic (exact) mass is 508 g/mol. The smallest absolute Gasteiger partial charge is 0.0825 e. The van der Waals surface area contributed by atoms with Gasteiger partial charge >= 0.3 is 0 Å². The van der Waals surface area contributed by atoms with Gasteiger partial charge in [0.25, 0.3) is 0 Å². The van der Waals surface area contributed by atoms with E-state index in [1.54, 1.807) is 0 Å². The van der Waals surface area contributed by atoms with Crippen LogP contribution >= 0.6 is 11.3 Å². The van der Waals surface area contributed by atoms with Crippen LogP contribution < -0.4 is 0 Å². The van der Waals surface area contributed by atoms with Crippen LogP contribution in [0.1, 0.15) is 81.4 Å². The van der Waals surface area contributed by atoms with Gasteiger partial charge in [0.2, 0.25) is 0 Å². The Morgan fingerprint density at radius 2 is 1.89 bits per heavy atom. The Balaban J connectivity index is 1.29. The van der Waals surface area contributed by atoms with Crippen molar-refractivity contribution in [1.82, 2.24) is 0 Å². The highest BCUT2D eigenvalue weighted by Crippen LogP contribution is 2.60. The molecule has 0 saturated heterocycles. The van der Waals surface area contributed by atoms with E-state index in [1.807, 2.05) is 11.3 Å². The van der Waals surface area contributed by atoms with Gasteiger partial charge in [-0.15, -0.1) is 11.3 Å². The van der Waals surface area contributed by atoms with Crippen molar-refractivity contribution in [3.05, 3.63) is 69.5 Å². The summed E-state index contributed by atoms with van der Waals surface area (Å²) in [6.07, 6.45) is 16.6. The van der Waals surface area contributed by atoms with E-state index in [4.69, 9.17) is 0 Å². The van der Waals surface area contributed by atoms with Gasteiger partial charge in [0.15, 0.2) is 0 Å². The lowest BCUT2D eigenvalue weighted by Gasteiger charge is -2.44. The van der Waals surface area contributed by atoms with E-state index in [9.17, 15) is 15.3 Å². The first-order valence-electron chi connectivity index (χ1n) is 14.0. The maximum atomic E-state index is 11.1. The van der Waals surface area contributed by atoms with E-state index >= 15 is 0 Å². The molecule has 4 saturated carbocycles. The number of aryl methyl sites for hydroxylation is 1. The summed E-state index contributed by atoms with van der Waals surface area (Å²) in [5.74, 6) is 1.65. The first-order valence-corrected chi connectivity index (χ1v) is 14.8. The Kier molecular flexibility index (Phi) is 7.28. The van der Waals surface area contributed by atoms with Crippen molar-refractivity contribution in [3.8, 4) is 0 Å². The molecule has 7 atom stereocenters. The first kappa shape index (κ1) is 26.2. The minimum absolute atomic E-state index is 0.0458. The zero-order chi connectivity index (χ0) is 25.7. The predicted molar refractivity (Wildman–Crippen MR) is 149 cm³/mol. The lowest BCUT2D eigenvalue weighted by molar-refractivity contribution is 0.0862. The fourth-order valence-corrected chi connectivity index (χ4v) is 8.88. The fraction of sp³-hybridized carbons (Fsp3) is 0.625.